The molecule has 0 N–H and O–H groups in total. The lowest BCUT2D eigenvalue weighted by molar-refractivity contribution is -0.314. The molecular formula is C20H24ClN2O3-. The van der Waals surface area contributed by atoms with Gasteiger partial charge in [0.05, 0.1) is 0 Å². The number of amides is 1. The maximum Gasteiger partial charge on any atom is 0.226 e. The SMILES string of the molecule is Cc1ccc(Cl)cc1N1CCN(C(=O)[C@@H]2[C@@H]3CC[C@@H](C3)[C@@H]2C(=O)[O-])CC1. The van der Waals surface area contributed by atoms with Crippen LogP contribution in [0.1, 0.15) is 24.8 Å². The Morgan fingerprint density at radius 2 is 1.73 bits per heavy atom. The number of halogens is 1. The number of nitrogens with zero attached hydrogens (tertiary/aromatic N) is 2. The zero-order valence-corrected chi connectivity index (χ0v) is 15.7. The van der Waals surface area contributed by atoms with Crippen LogP contribution in [0.5, 0.6) is 0 Å². The predicted octanol–water partition coefficient (Wildman–Crippen LogP) is 1.71. The van der Waals surface area contributed by atoms with Crippen molar-refractivity contribution in [3.8, 4) is 0 Å². The quantitative estimate of drug-likeness (QED) is 0.806. The van der Waals surface area contributed by atoms with Crippen molar-refractivity contribution in [2.45, 2.75) is 26.2 Å². The van der Waals surface area contributed by atoms with Crippen LogP contribution < -0.4 is 10.0 Å². The first-order valence-electron chi connectivity index (χ1n) is 9.46. The summed E-state index contributed by atoms with van der Waals surface area (Å²) in [5.74, 6) is -1.62. The van der Waals surface area contributed by atoms with E-state index in [1.807, 2.05) is 23.1 Å². The molecule has 0 radical (unpaired) electrons. The van der Waals surface area contributed by atoms with Crippen LogP contribution in [0.2, 0.25) is 5.02 Å². The van der Waals surface area contributed by atoms with Gasteiger partial charge in [-0.25, -0.2) is 0 Å². The Morgan fingerprint density at radius 3 is 2.38 bits per heavy atom. The molecule has 1 amide bonds. The maximum atomic E-state index is 13.1. The van der Waals surface area contributed by atoms with Gasteiger partial charge in [0, 0.05) is 54.7 Å². The van der Waals surface area contributed by atoms with Crippen molar-refractivity contribution in [3.63, 3.8) is 0 Å². The molecule has 3 aliphatic rings. The number of anilines is 1. The number of rotatable bonds is 3. The monoisotopic (exact) mass is 375 g/mol. The van der Waals surface area contributed by atoms with Crippen molar-refractivity contribution < 1.29 is 14.7 Å². The third-order valence-corrected chi connectivity index (χ3v) is 6.81. The fourth-order valence-corrected chi connectivity index (χ4v) is 5.45. The number of benzene rings is 1. The second-order valence-corrected chi connectivity index (χ2v) is 8.38. The highest BCUT2D eigenvalue weighted by Crippen LogP contribution is 2.52. The molecule has 1 saturated heterocycles. The van der Waals surface area contributed by atoms with Crippen molar-refractivity contribution in [1.82, 2.24) is 4.90 Å². The summed E-state index contributed by atoms with van der Waals surface area (Å²) in [5.41, 5.74) is 2.27. The second-order valence-electron chi connectivity index (χ2n) is 7.95. The molecule has 4 atom stereocenters. The van der Waals surface area contributed by atoms with Gasteiger partial charge >= 0.3 is 0 Å². The van der Waals surface area contributed by atoms with E-state index < -0.39 is 11.9 Å². The van der Waals surface area contributed by atoms with E-state index in [1.54, 1.807) is 0 Å². The van der Waals surface area contributed by atoms with Gasteiger partial charge in [-0.15, -0.1) is 0 Å². The van der Waals surface area contributed by atoms with E-state index in [-0.39, 0.29) is 23.7 Å². The highest BCUT2D eigenvalue weighted by atomic mass is 35.5. The van der Waals surface area contributed by atoms with E-state index in [0.717, 1.165) is 38.0 Å². The van der Waals surface area contributed by atoms with Crippen LogP contribution in [0.4, 0.5) is 5.69 Å². The van der Waals surface area contributed by atoms with E-state index in [4.69, 9.17) is 11.6 Å². The summed E-state index contributed by atoms with van der Waals surface area (Å²) >= 11 is 6.13. The van der Waals surface area contributed by atoms with Crippen LogP contribution in [-0.4, -0.2) is 43.0 Å². The lowest BCUT2D eigenvalue weighted by Crippen LogP contribution is -2.53. The fraction of sp³-hybridized carbons (Fsp3) is 0.600. The fourth-order valence-electron chi connectivity index (χ4n) is 5.29. The number of hydrogen-bond donors (Lipinski definition) is 0. The van der Waals surface area contributed by atoms with Crippen LogP contribution in [0.3, 0.4) is 0 Å². The van der Waals surface area contributed by atoms with Crippen LogP contribution in [0.25, 0.3) is 0 Å². The third-order valence-electron chi connectivity index (χ3n) is 6.58. The van der Waals surface area contributed by atoms with Gasteiger partial charge in [-0.05, 0) is 55.7 Å². The van der Waals surface area contributed by atoms with Gasteiger partial charge in [-0.2, -0.15) is 0 Å². The first-order chi connectivity index (χ1) is 12.5. The van der Waals surface area contributed by atoms with Crippen molar-refractivity contribution in [2.24, 2.45) is 23.7 Å². The van der Waals surface area contributed by atoms with E-state index >= 15 is 0 Å². The number of carboxylic acid groups (broad SMARTS) is 1. The molecule has 140 valence electrons. The Morgan fingerprint density at radius 1 is 1.08 bits per heavy atom. The zero-order valence-electron chi connectivity index (χ0n) is 15.0. The molecule has 1 aromatic carbocycles. The minimum Gasteiger partial charge on any atom is -0.550 e. The molecule has 1 aromatic rings. The molecule has 2 aliphatic carbocycles. The Kier molecular flexibility index (Phi) is 4.59. The van der Waals surface area contributed by atoms with Crippen LogP contribution in [-0.2, 0) is 9.59 Å². The Labute approximate surface area is 158 Å². The number of carboxylic acids is 1. The lowest BCUT2D eigenvalue weighted by atomic mass is 9.78. The number of carbonyl (C=O) groups is 2. The topological polar surface area (TPSA) is 63.7 Å². The summed E-state index contributed by atoms with van der Waals surface area (Å²) in [7, 11) is 0. The van der Waals surface area contributed by atoms with E-state index in [2.05, 4.69) is 11.8 Å². The summed E-state index contributed by atoms with van der Waals surface area (Å²) in [4.78, 5) is 28.8. The highest BCUT2D eigenvalue weighted by Gasteiger charge is 2.52. The van der Waals surface area contributed by atoms with Gasteiger partial charge in [0.1, 0.15) is 0 Å². The van der Waals surface area contributed by atoms with Gasteiger partial charge in [0.25, 0.3) is 0 Å². The number of aliphatic carboxylic acids is 1. The number of hydrogen-bond acceptors (Lipinski definition) is 4. The van der Waals surface area contributed by atoms with Crippen molar-refractivity contribution in [1.29, 1.82) is 0 Å². The molecule has 0 spiro atoms. The van der Waals surface area contributed by atoms with Crippen molar-refractivity contribution in [2.75, 3.05) is 31.1 Å². The smallest absolute Gasteiger partial charge is 0.226 e. The second kappa shape index (κ2) is 6.76. The molecule has 26 heavy (non-hydrogen) atoms. The van der Waals surface area contributed by atoms with Gasteiger partial charge in [-0.1, -0.05) is 17.7 Å². The van der Waals surface area contributed by atoms with Crippen molar-refractivity contribution in [3.05, 3.63) is 28.8 Å². The molecule has 1 aliphatic heterocycles. The number of piperazine rings is 1. The summed E-state index contributed by atoms with van der Waals surface area (Å²) in [6, 6.07) is 5.86. The van der Waals surface area contributed by atoms with E-state index in [1.165, 1.54) is 5.56 Å². The first kappa shape index (κ1) is 17.7. The number of carbonyl (C=O) groups excluding carboxylic acids is 2. The van der Waals surface area contributed by atoms with Gasteiger partial charge in [0.2, 0.25) is 5.91 Å². The summed E-state index contributed by atoms with van der Waals surface area (Å²) in [5, 5.41) is 12.3. The molecule has 5 nitrogen and oxygen atoms in total. The predicted molar refractivity (Wildman–Crippen MR) is 97.8 cm³/mol. The molecule has 2 saturated carbocycles. The maximum absolute atomic E-state index is 13.1. The van der Waals surface area contributed by atoms with Gasteiger partial charge in [-0.3, -0.25) is 4.79 Å². The molecule has 2 bridgehead atoms. The normalized spacial score (nSPS) is 30.7. The summed E-state index contributed by atoms with van der Waals surface area (Å²) < 4.78 is 0. The molecule has 0 unspecified atom stereocenters. The zero-order chi connectivity index (χ0) is 18.4. The average Bonchev–Trinajstić information content (AvgIpc) is 3.24. The van der Waals surface area contributed by atoms with Crippen molar-refractivity contribution >= 4 is 29.2 Å². The Balaban J connectivity index is 1.44. The Hall–Kier alpha value is -1.75. The molecule has 0 aromatic heterocycles. The van der Waals surface area contributed by atoms with E-state index in [0.29, 0.717) is 18.1 Å². The summed E-state index contributed by atoms with van der Waals surface area (Å²) in [6.45, 7) is 4.78. The van der Waals surface area contributed by atoms with Crippen LogP contribution in [0, 0.1) is 30.6 Å². The minimum absolute atomic E-state index is 0.0221. The molecular weight excluding hydrogens is 352 g/mol. The van der Waals surface area contributed by atoms with E-state index in [9.17, 15) is 14.7 Å². The summed E-state index contributed by atoms with van der Waals surface area (Å²) in [6.07, 6.45) is 2.78. The first-order valence-corrected chi connectivity index (χ1v) is 9.84. The van der Waals surface area contributed by atoms with Crippen LogP contribution >= 0.6 is 11.6 Å². The number of fused-ring (bicyclic) bond motifs is 2. The van der Waals surface area contributed by atoms with Gasteiger partial charge < -0.3 is 19.7 Å². The Bertz CT molecular complexity index is 730. The minimum atomic E-state index is -1.04. The largest absolute Gasteiger partial charge is 0.550 e. The van der Waals surface area contributed by atoms with Crippen LogP contribution in [0.15, 0.2) is 18.2 Å². The highest BCUT2D eigenvalue weighted by molar-refractivity contribution is 6.30. The molecule has 3 fully saturated rings. The standard InChI is InChI=1S/C20H25ClN2O3/c1-12-2-5-15(21)11-16(12)22-6-8-23(9-7-22)19(24)17-13-3-4-14(10-13)18(17)20(25)26/h2,5,11,13-14,17-18H,3-4,6-10H2,1H3,(H,25,26)/p-1/t13-,14+,17-,18+/m1/s1. The van der Waals surface area contributed by atoms with Gasteiger partial charge in [0.15, 0.2) is 0 Å². The molecule has 6 heteroatoms. The molecule has 4 rings (SSSR count). The number of aryl methyl sites for hydroxylation is 1. The average molecular weight is 376 g/mol. The third kappa shape index (κ3) is 2.96. The lowest BCUT2D eigenvalue weighted by Gasteiger charge is -2.40. The molecule has 1 heterocycles.